The first-order valence-corrected chi connectivity index (χ1v) is 7.63. The molecule has 0 heterocycles. The minimum Gasteiger partial charge on any atom is -0.461 e. The largest absolute Gasteiger partial charge is 0.461 e. The summed E-state index contributed by atoms with van der Waals surface area (Å²) < 4.78 is 5.23. The fourth-order valence-corrected chi connectivity index (χ4v) is 2.51. The average Bonchev–Trinajstić information content (AvgIpc) is 2.53. The molecular weight excluding hydrogens is 347 g/mol. The highest BCUT2D eigenvalue weighted by Crippen LogP contribution is 2.31. The van der Waals surface area contributed by atoms with Gasteiger partial charge in [-0.3, -0.25) is 0 Å². The fraction of sp³-hybridized carbons (Fsp3) is 0.188. The third kappa shape index (κ3) is 4.14. The van der Waals surface area contributed by atoms with E-state index in [0.717, 1.165) is 5.56 Å². The van der Waals surface area contributed by atoms with Gasteiger partial charge in [-0.2, -0.15) is 0 Å². The van der Waals surface area contributed by atoms with E-state index in [1.807, 2.05) is 30.3 Å². The van der Waals surface area contributed by atoms with E-state index < -0.39 is 5.97 Å². The number of hydrogen-bond donors (Lipinski definition) is 1. The molecule has 0 saturated heterocycles. The van der Waals surface area contributed by atoms with Gasteiger partial charge >= 0.3 is 5.97 Å². The predicted molar refractivity (Wildman–Crippen MR) is 88.0 cm³/mol. The zero-order chi connectivity index (χ0) is 16.1. The van der Waals surface area contributed by atoms with Crippen LogP contribution in [0.2, 0.25) is 15.1 Å². The first-order valence-electron chi connectivity index (χ1n) is 6.50. The Kier molecular flexibility index (Phi) is 6.09. The van der Waals surface area contributed by atoms with Crippen LogP contribution in [0, 0.1) is 0 Å². The van der Waals surface area contributed by atoms with E-state index in [0.29, 0.717) is 0 Å². The highest BCUT2D eigenvalue weighted by atomic mass is 35.5. The molecule has 1 N–H and O–H groups in total. The lowest BCUT2D eigenvalue weighted by Gasteiger charge is -2.15. The standard InChI is InChI=1S/C16H13Cl3O3/c17-13-6-11(7-14(18)15(13)19)16(21)22-9-12(8-20)10-4-2-1-3-5-10/h1-7,12,20H,8-9H2. The fourth-order valence-electron chi connectivity index (χ4n) is 1.91. The molecule has 0 bridgehead atoms. The number of benzene rings is 2. The van der Waals surface area contributed by atoms with Crippen LogP contribution in [0.4, 0.5) is 0 Å². The van der Waals surface area contributed by atoms with Crippen molar-refractivity contribution in [3.8, 4) is 0 Å². The number of carbonyl (C=O) groups excluding carboxylic acids is 1. The summed E-state index contributed by atoms with van der Waals surface area (Å²) in [5.74, 6) is -0.863. The Hall–Kier alpha value is -1.26. The van der Waals surface area contributed by atoms with Gasteiger partial charge in [-0.15, -0.1) is 0 Å². The number of ether oxygens (including phenoxy) is 1. The van der Waals surface area contributed by atoms with Gasteiger partial charge in [0.05, 0.1) is 27.2 Å². The van der Waals surface area contributed by atoms with Crippen LogP contribution in [0.1, 0.15) is 21.8 Å². The first kappa shape index (κ1) is 17.1. The van der Waals surface area contributed by atoms with Crippen molar-refractivity contribution in [1.82, 2.24) is 0 Å². The number of halogens is 3. The molecule has 0 saturated carbocycles. The molecule has 0 spiro atoms. The molecule has 0 amide bonds. The second kappa shape index (κ2) is 7.84. The summed E-state index contributed by atoms with van der Waals surface area (Å²) in [4.78, 5) is 12.0. The number of aliphatic hydroxyl groups is 1. The maximum Gasteiger partial charge on any atom is 0.338 e. The van der Waals surface area contributed by atoms with Gasteiger partial charge in [0.1, 0.15) is 6.61 Å². The molecule has 2 aromatic carbocycles. The molecule has 1 atom stereocenters. The van der Waals surface area contributed by atoms with Crippen molar-refractivity contribution in [3.05, 3.63) is 68.7 Å². The highest BCUT2D eigenvalue weighted by molar-refractivity contribution is 6.48. The molecule has 116 valence electrons. The van der Waals surface area contributed by atoms with Crippen molar-refractivity contribution in [3.63, 3.8) is 0 Å². The molecule has 22 heavy (non-hydrogen) atoms. The van der Waals surface area contributed by atoms with Gasteiger partial charge in [0.2, 0.25) is 0 Å². The second-order valence-corrected chi connectivity index (χ2v) is 5.83. The predicted octanol–water partition coefficient (Wildman–Crippen LogP) is 4.58. The van der Waals surface area contributed by atoms with Crippen LogP contribution in [-0.4, -0.2) is 24.3 Å². The van der Waals surface area contributed by atoms with Gasteiger partial charge in [0.25, 0.3) is 0 Å². The zero-order valence-electron chi connectivity index (χ0n) is 11.4. The van der Waals surface area contributed by atoms with Crippen molar-refractivity contribution in [2.24, 2.45) is 0 Å². The lowest BCUT2D eigenvalue weighted by Crippen LogP contribution is -2.16. The molecular formula is C16H13Cl3O3. The number of carbonyl (C=O) groups is 1. The number of esters is 1. The van der Waals surface area contributed by atoms with Crippen LogP contribution in [0.25, 0.3) is 0 Å². The SMILES string of the molecule is O=C(OCC(CO)c1ccccc1)c1cc(Cl)c(Cl)c(Cl)c1. The van der Waals surface area contributed by atoms with Gasteiger partial charge in [0.15, 0.2) is 0 Å². The van der Waals surface area contributed by atoms with E-state index in [4.69, 9.17) is 39.5 Å². The van der Waals surface area contributed by atoms with E-state index in [2.05, 4.69) is 0 Å². The van der Waals surface area contributed by atoms with E-state index in [1.54, 1.807) is 0 Å². The van der Waals surface area contributed by atoms with Crippen LogP contribution < -0.4 is 0 Å². The van der Waals surface area contributed by atoms with Gasteiger partial charge < -0.3 is 9.84 Å². The Bertz CT molecular complexity index is 636. The zero-order valence-corrected chi connectivity index (χ0v) is 13.7. The molecule has 0 aliphatic rings. The summed E-state index contributed by atoms with van der Waals surface area (Å²) in [5.41, 5.74) is 1.11. The van der Waals surface area contributed by atoms with Gasteiger partial charge in [-0.1, -0.05) is 65.1 Å². The van der Waals surface area contributed by atoms with Crippen molar-refractivity contribution in [2.75, 3.05) is 13.2 Å². The molecule has 6 heteroatoms. The van der Waals surface area contributed by atoms with Crippen molar-refractivity contribution in [2.45, 2.75) is 5.92 Å². The molecule has 0 aromatic heterocycles. The molecule has 2 rings (SSSR count). The number of hydrogen-bond acceptors (Lipinski definition) is 3. The lowest BCUT2D eigenvalue weighted by atomic mass is 10.0. The molecule has 1 unspecified atom stereocenters. The number of aliphatic hydroxyl groups excluding tert-OH is 1. The maximum absolute atomic E-state index is 12.0. The summed E-state index contributed by atoms with van der Waals surface area (Å²) in [6.45, 7) is -0.0728. The van der Waals surface area contributed by atoms with E-state index in [9.17, 15) is 9.90 Å². The van der Waals surface area contributed by atoms with Gasteiger partial charge in [-0.25, -0.2) is 4.79 Å². The van der Waals surface area contributed by atoms with Crippen molar-refractivity contribution in [1.29, 1.82) is 0 Å². The van der Waals surface area contributed by atoms with E-state index in [-0.39, 0.29) is 39.8 Å². The van der Waals surface area contributed by atoms with Crippen LogP contribution in [0.5, 0.6) is 0 Å². The summed E-state index contributed by atoms with van der Waals surface area (Å²) in [6.07, 6.45) is 0. The van der Waals surface area contributed by atoms with Crippen molar-refractivity contribution < 1.29 is 14.6 Å². The molecule has 0 aliphatic carbocycles. The summed E-state index contributed by atoms with van der Waals surface area (Å²) in [7, 11) is 0. The third-order valence-corrected chi connectivity index (χ3v) is 4.32. The topological polar surface area (TPSA) is 46.5 Å². The molecule has 0 aliphatic heterocycles. The molecule has 2 aromatic rings. The Morgan fingerprint density at radius 3 is 2.23 bits per heavy atom. The van der Waals surface area contributed by atoms with Crippen LogP contribution in [-0.2, 0) is 4.74 Å². The smallest absolute Gasteiger partial charge is 0.338 e. The van der Waals surface area contributed by atoms with Gasteiger partial charge in [-0.05, 0) is 17.7 Å². The number of rotatable bonds is 5. The van der Waals surface area contributed by atoms with E-state index >= 15 is 0 Å². The first-order chi connectivity index (χ1) is 10.5. The average molecular weight is 360 g/mol. The Labute approximate surface area is 143 Å². The third-order valence-electron chi connectivity index (χ3n) is 3.13. The lowest BCUT2D eigenvalue weighted by molar-refractivity contribution is 0.0450. The summed E-state index contributed by atoms with van der Waals surface area (Å²) in [5, 5.41) is 10.00. The molecule has 0 fully saturated rings. The van der Waals surface area contributed by atoms with Crippen LogP contribution in [0.3, 0.4) is 0 Å². The van der Waals surface area contributed by atoms with E-state index in [1.165, 1.54) is 12.1 Å². The molecule has 3 nitrogen and oxygen atoms in total. The Morgan fingerprint density at radius 1 is 1.09 bits per heavy atom. The maximum atomic E-state index is 12.0. The summed E-state index contributed by atoms with van der Waals surface area (Å²) in [6, 6.07) is 12.1. The molecule has 0 radical (unpaired) electrons. The quantitative estimate of drug-likeness (QED) is 0.628. The van der Waals surface area contributed by atoms with Gasteiger partial charge in [0, 0.05) is 5.92 Å². The Balaban J connectivity index is 2.06. The minimum atomic E-state index is -0.574. The summed E-state index contributed by atoms with van der Waals surface area (Å²) >= 11 is 17.6. The van der Waals surface area contributed by atoms with Crippen LogP contribution in [0.15, 0.2) is 42.5 Å². The Morgan fingerprint density at radius 2 is 1.68 bits per heavy atom. The second-order valence-electron chi connectivity index (χ2n) is 4.64. The normalized spacial score (nSPS) is 12.0. The monoisotopic (exact) mass is 358 g/mol. The van der Waals surface area contributed by atoms with Crippen molar-refractivity contribution >= 4 is 40.8 Å². The minimum absolute atomic E-state index is 0.0528. The highest BCUT2D eigenvalue weighted by Gasteiger charge is 2.16. The van der Waals surface area contributed by atoms with Crippen LogP contribution >= 0.6 is 34.8 Å².